The van der Waals surface area contributed by atoms with Crippen LogP contribution in [0.5, 0.6) is 0 Å². The van der Waals surface area contributed by atoms with Gasteiger partial charge in [0.15, 0.2) is 0 Å². The first-order chi connectivity index (χ1) is 14.0. The number of anilines is 2. The Morgan fingerprint density at radius 2 is 1.76 bits per heavy atom. The van der Waals surface area contributed by atoms with E-state index in [4.69, 9.17) is 4.98 Å². The lowest BCUT2D eigenvalue weighted by molar-refractivity contribution is 0.288. The van der Waals surface area contributed by atoms with Crippen LogP contribution >= 0.6 is 0 Å². The van der Waals surface area contributed by atoms with E-state index in [1.54, 1.807) is 16.4 Å². The molecule has 0 radical (unpaired) electrons. The Bertz CT molecular complexity index is 1170. The highest BCUT2D eigenvalue weighted by molar-refractivity contribution is 7.89. The molecule has 150 valence electrons. The van der Waals surface area contributed by atoms with Crippen LogP contribution in [-0.4, -0.2) is 37.3 Å². The molecule has 0 atom stereocenters. The molecule has 5 nitrogen and oxygen atoms in total. The monoisotopic (exact) mass is 407 g/mol. The molecule has 0 saturated carbocycles. The molecule has 1 fully saturated rings. The summed E-state index contributed by atoms with van der Waals surface area (Å²) in [6.45, 7) is 4.31. The van der Waals surface area contributed by atoms with Gasteiger partial charge in [0.05, 0.1) is 10.4 Å². The fraction of sp³-hybridized carbons (Fsp3) is 0.348. The van der Waals surface area contributed by atoms with Crippen LogP contribution in [0.3, 0.4) is 0 Å². The maximum absolute atomic E-state index is 13.0. The molecular weight excluding hydrogens is 382 g/mol. The average molecular weight is 408 g/mol. The second kappa shape index (κ2) is 7.11. The first-order valence-corrected chi connectivity index (χ1v) is 11.7. The van der Waals surface area contributed by atoms with Gasteiger partial charge in [-0.15, -0.1) is 0 Å². The quantitative estimate of drug-likeness (QED) is 0.648. The zero-order valence-electron chi connectivity index (χ0n) is 16.6. The van der Waals surface area contributed by atoms with Gasteiger partial charge in [0.1, 0.15) is 5.82 Å². The van der Waals surface area contributed by atoms with Crippen LogP contribution in [0.4, 0.5) is 11.5 Å². The summed E-state index contributed by atoms with van der Waals surface area (Å²) in [5.41, 5.74) is 3.36. The number of para-hydroxylation sites is 1. The number of sulfonamides is 1. The Hall–Kier alpha value is -2.44. The van der Waals surface area contributed by atoms with E-state index in [-0.39, 0.29) is 0 Å². The fourth-order valence-electron chi connectivity index (χ4n) is 4.35. The number of rotatable bonds is 3. The number of fused-ring (bicyclic) bond motifs is 2. The zero-order valence-corrected chi connectivity index (χ0v) is 17.4. The molecule has 0 bridgehead atoms. The highest BCUT2D eigenvalue weighted by Crippen LogP contribution is 2.34. The van der Waals surface area contributed by atoms with Crippen molar-refractivity contribution in [3.63, 3.8) is 0 Å². The van der Waals surface area contributed by atoms with E-state index >= 15 is 0 Å². The molecule has 0 aliphatic carbocycles. The molecule has 1 saturated heterocycles. The van der Waals surface area contributed by atoms with E-state index in [0.29, 0.717) is 23.9 Å². The van der Waals surface area contributed by atoms with Crippen molar-refractivity contribution in [2.24, 2.45) is 5.92 Å². The molecule has 3 aromatic rings. The SMILES string of the molecule is CC1CCN(S(=O)(=O)c2ccc3nc(N4CCc5ccccc54)ccc3c2)CC1. The third kappa shape index (κ3) is 3.30. The molecule has 29 heavy (non-hydrogen) atoms. The second-order valence-electron chi connectivity index (χ2n) is 8.14. The average Bonchev–Trinajstić information content (AvgIpc) is 3.17. The number of benzene rings is 2. The van der Waals surface area contributed by atoms with E-state index in [2.05, 4.69) is 36.1 Å². The van der Waals surface area contributed by atoms with Crippen LogP contribution in [-0.2, 0) is 16.4 Å². The predicted octanol–water partition coefficient (Wildman–Crippen LogP) is 4.35. The van der Waals surface area contributed by atoms with Crippen molar-refractivity contribution in [3.05, 3.63) is 60.2 Å². The molecule has 1 aromatic heterocycles. The maximum atomic E-state index is 13.0. The minimum Gasteiger partial charge on any atom is -0.326 e. The van der Waals surface area contributed by atoms with E-state index < -0.39 is 10.0 Å². The first-order valence-electron chi connectivity index (χ1n) is 10.3. The zero-order chi connectivity index (χ0) is 20.0. The van der Waals surface area contributed by atoms with E-state index in [1.807, 2.05) is 18.2 Å². The van der Waals surface area contributed by atoms with Crippen LogP contribution in [0.25, 0.3) is 10.9 Å². The highest BCUT2D eigenvalue weighted by Gasteiger charge is 2.28. The number of aromatic nitrogens is 1. The topological polar surface area (TPSA) is 53.5 Å². The van der Waals surface area contributed by atoms with Gasteiger partial charge in [0.2, 0.25) is 10.0 Å². The van der Waals surface area contributed by atoms with Gasteiger partial charge in [-0.2, -0.15) is 4.31 Å². The first kappa shape index (κ1) is 18.6. The number of hydrogen-bond donors (Lipinski definition) is 0. The van der Waals surface area contributed by atoms with Crippen LogP contribution < -0.4 is 4.90 Å². The predicted molar refractivity (Wildman–Crippen MR) is 116 cm³/mol. The largest absolute Gasteiger partial charge is 0.326 e. The number of nitrogens with zero attached hydrogens (tertiary/aromatic N) is 3. The number of pyridine rings is 1. The summed E-state index contributed by atoms with van der Waals surface area (Å²) in [6, 6.07) is 17.7. The van der Waals surface area contributed by atoms with Crippen LogP contribution in [0.1, 0.15) is 25.3 Å². The second-order valence-corrected chi connectivity index (χ2v) is 10.1. The molecule has 2 aromatic carbocycles. The van der Waals surface area contributed by atoms with Crippen molar-refractivity contribution in [3.8, 4) is 0 Å². The van der Waals surface area contributed by atoms with E-state index in [9.17, 15) is 8.42 Å². The highest BCUT2D eigenvalue weighted by atomic mass is 32.2. The van der Waals surface area contributed by atoms with Crippen molar-refractivity contribution in [1.29, 1.82) is 0 Å². The van der Waals surface area contributed by atoms with Gasteiger partial charge in [-0.05, 0) is 67.1 Å². The van der Waals surface area contributed by atoms with Crippen LogP contribution in [0.2, 0.25) is 0 Å². The third-order valence-corrected chi connectivity index (χ3v) is 8.08. The minimum absolute atomic E-state index is 0.362. The van der Waals surface area contributed by atoms with Gasteiger partial charge in [-0.1, -0.05) is 25.1 Å². The third-order valence-electron chi connectivity index (χ3n) is 6.19. The molecule has 0 N–H and O–H groups in total. The summed E-state index contributed by atoms with van der Waals surface area (Å²) in [6.07, 6.45) is 2.87. The van der Waals surface area contributed by atoms with Gasteiger partial charge < -0.3 is 4.90 Å². The molecule has 0 unspecified atom stereocenters. The molecular formula is C23H25N3O2S. The van der Waals surface area contributed by atoms with Crippen LogP contribution in [0.15, 0.2) is 59.5 Å². The summed E-state index contributed by atoms with van der Waals surface area (Å²) < 4.78 is 27.7. The molecule has 2 aliphatic heterocycles. The Labute approximate surface area is 172 Å². The normalized spacial score (nSPS) is 18.3. The summed E-state index contributed by atoms with van der Waals surface area (Å²) in [5, 5.41) is 0.854. The van der Waals surface area contributed by atoms with Crippen LogP contribution in [0, 0.1) is 5.92 Å². The van der Waals surface area contributed by atoms with Gasteiger partial charge in [0.25, 0.3) is 0 Å². The molecule has 0 spiro atoms. The van der Waals surface area contributed by atoms with Crippen molar-refractivity contribution >= 4 is 32.4 Å². The Morgan fingerprint density at radius 3 is 2.59 bits per heavy atom. The molecule has 6 heteroatoms. The van der Waals surface area contributed by atoms with Crippen molar-refractivity contribution in [2.75, 3.05) is 24.5 Å². The van der Waals surface area contributed by atoms with E-state index in [1.165, 1.54) is 11.3 Å². The number of piperidine rings is 1. The van der Waals surface area contributed by atoms with Gasteiger partial charge in [-0.3, -0.25) is 0 Å². The van der Waals surface area contributed by atoms with Gasteiger partial charge in [-0.25, -0.2) is 13.4 Å². The standard InChI is InChI=1S/C23H25N3O2S/c1-17-10-13-25(14-11-17)29(27,28)20-7-8-21-19(16-20)6-9-23(24-21)26-15-12-18-4-2-3-5-22(18)26/h2-9,16-17H,10-15H2,1H3. The fourth-order valence-corrected chi connectivity index (χ4v) is 5.86. The van der Waals surface area contributed by atoms with Crippen molar-refractivity contribution < 1.29 is 8.42 Å². The van der Waals surface area contributed by atoms with E-state index in [0.717, 1.165) is 42.5 Å². The van der Waals surface area contributed by atoms with Crippen molar-refractivity contribution in [1.82, 2.24) is 9.29 Å². The lowest BCUT2D eigenvalue weighted by atomic mass is 10.0. The molecule has 5 rings (SSSR count). The van der Waals surface area contributed by atoms with Crippen molar-refractivity contribution in [2.45, 2.75) is 31.1 Å². The smallest absolute Gasteiger partial charge is 0.243 e. The Morgan fingerprint density at radius 1 is 0.966 bits per heavy atom. The summed E-state index contributed by atoms with van der Waals surface area (Å²) >= 11 is 0. The Kier molecular flexibility index (Phi) is 4.56. The van der Waals surface area contributed by atoms with Gasteiger partial charge in [0, 0.05) is 30.7 Å². The number of hydrogen-bond acceptors (Lipinski definition) is 4. The maximum Gasteiger partial charge on any atom is 0.243 e. The Balaban J connectivity index is 1.46. The lowest BCUT2D eigenvalue weighted by Crippen LogP contribution is -2.37. The summed E-state index contributed by atoms with van der Waals surface area (Å²) in [7, 11) is -3.45. The van der Waals surface area contributed by atoms with Gasteiger partial charge >= 0.3 is 0 Å². The summed E-state index contributed by atoms with van der Waals surface area (Å²) in [4.78, 5) is 7.41. The molecule has 0 amide bonds. The lowest BCUT2D eigenvalue weighted by Gasteiger charge is -2.29. The summed E-state index contributed by atoms with van der Waals surface area (Å²) in [5.74, 6) is 1.50. The molecule has 3 heterocycles. The molecule has 2 aliphatic rings. The minimum atomic E-state index is -3.45.